The van der Waals surface area contributed by atoms with E-state index < -0.39 is 0 Å². The molecule has 2 aromatic carbocycles. The van der Waals surface area contributed by atoms with Crippen molar-refractivity contribution < 1.29 is 5.11 Å². The van der Waals surface area contributed by atoms with E-state index in [2.05, 4.69) is 41.3 Å². The van der Waals surface area contributed by atoms with Crippen molar-refractivity contribution in [1.82, 2.24) is 9.97 Å². The van der Waals surface area contributed by atoms with Crippen LogP contribution in [0.2, 0.25) is 0 Å². The van der Waals surface area contributed by atoms with E-state index in [0.717, 1.165) is 62.3 Å². The molecular formula is C25H27N3O. The van der Waals surface area contributed by atoms with Crippen LogP contribution in [0, 0.1) is 0 Å². The fourth-order valence-corrected chi connectivity index (χ4v) is 5.00. The highest BCUT2D eigenvalue weighted by molar-refractivity contribution is 5.63. The molecule has 4 nitrogen and oxygen atoms in total. The molecule has 2 heterocycles. The monoisotopic (exact) mass is 385 g/mol. The van der Waals surface area contributed by atoms with Crippen molar-refractivity contribution in [3.05, 3.63) is 77.5 Å². The van der Waals surface area contributed by atoms with Crippen LogP contribution in [0.5, 0.6) is 0 Å². The summed E-state index contributed by atoms with van der Waals surface area (Å²) in [7, 11) is 0. The number of rotatable bonds is 5. The molecule has 0 bridgehead atoms. The number of benzene rings is 2. The van der Waals surface area contributed by atoms with Crippen molar-refractivity contribution in [2.75, 3.05) is 18.1 Å². The Kier molecular flexibility index (Phi) is 4.80. The molecular weight excluding hydrogens is 358 g/mol. The molecule has 0 saturated carbocycles. The average molecular weight is 386 g/mol. The minimum absolute atomic E-state index is 0.140. The number of aromatic nitrogens is 2. The molecule has 1 aliphatic heterocycles. The van der Waals surface area contributed by atoms with Gasteiger partial charge in [-0.1, -0.05) is 60.7 Å². The minimum Gasteiger partial charge on any atom is -0.394 e. The molecule has 3 aromatic rings. The van der Waals surface area contributed by atoms with Gasteiger partial charge in [0.05, 0.1) is 12.1 Å². The zero-order valence-corrected chi connectivity index (χ0v) is 16.7. The van der Waals surface area contributed by atoms with Gasteiger partial charge in [0.15, 0.2) is 5.82 Å². The number of hydrogen-bond acceptors (Lipinski definition) is 4. The lowest BCUT2D eigenvalue weighted by Gasteiger charge is -2.39. The molecule has 4 heteroatoms. The molecule has 1 fully saturated rings. The number of anilines is 1. The van der Waals surface area contributed by atoms with E-state index in [4.69, 9.17) is 9.97 Å². The zero-order valence-electron chi connectivity index (χ0n) is 16.7. The maximum atomic E-state index is 10.6. The van der Waals surface area contributed by atoms with Gasteiger partial charge in [-0.05, 0) is 44.1 Å². The van der Waals surface area contributed by atoms with Gasteiger partial charge in [-0.3, -0.25) is 0 Å². The van der Waals surface area contributed by atoms with Gasteiger partial charge in [-0.25, -0.2) is 9.97 Å². The predicted octanol–water partition coefficient (Wildman–Crippen LogP) is 4.21. The van der Waals surface area contributed by atoms with Crippen molar-refractivity contribution in [1.29, 1.82) is 0 Å². The second-order valence-corrected chi connectivity index (χ2v) is 8.32. The quantitative estimate of drug-likeness (QED) is 0.715. The van der Waals surface area contributed by atoms with Gasteiger partial charge in [0, 0.05) is 23.4 Å². The van der Waals surface area contributed by atoms with Gasteiger partial charge in [0.1, 0.15) is 5.82 Å². The van der Waals surface area contributed by atoms with Crippen LogP contribution in [0.15, 0.2) is 60.7 Å². The third-order valence-corrected chi connectivity index (χ3v) is 6.47. The van der Waals surface area contributed by atoms with Crippen LogP contribution in [-0.2, 0) is 19.3 Å². The largest absolute Gasteiger partial charge is 0.394 e. The summed E-state index contributed by atoms with van der Waals surface area (Å²) in [5, 5.41) is 10.6. The molecule has 0 radical (unpaired) electrons. The predicted molar refractivity (Wildman–Crippen MR) is 116 cm³/mol. The minimum atomic E-state index is -0.292. The lowest BCUT2D eigenvalue weighted by molar-refractivity contribution is 0.195. The number of aliphatic hydroxyl groups excluding tert-OH is 1. The van der Waals surface area contributed by atoms with E-state index in [1.54, 1.807) is 0 Å². The van der Waals surface area contributed by atoms with Crippen molar-refractivity contribution in [3.8, 4) is 11.4 Å². The van der Waals surface area contributed by atoms with Gasteiger partial charge in [-0.2, -0.15) is 0 Å². The maximum Gasteiger partial charge on any atom is 0.161 e. The van der Waals surface area contributed by atoms with Crippen LogP contribution in [-0.4, -0.2) is 33.8 Å². The topological polar surface area (TPSA) is 49.2 Å². The Morgan fingerprint density at radius 3 is 2.41 bits per heavy atom. The Bertz CT molecular complexity index is 990. The number of aliphatic hydroxyl groups is 1. The first kappa shape index (κ1) is 18.3. The van der Waals surface area contributed by atoms with Crippen molar-refractivity contribution in [3.63, 3.8) is 0 Å². The van der Waals surface area contributed by atoms with Crippen LogP contribution >= 0.6 is 0 Å². The summed E-state index contributed by atoms with van der Waals surface area (Å²) in [6, 6.07) is 20.8. The van der Waals surface area contributed by atoms with Crippen LogP contribution in [0.25, 0.3) is 11.4 Å². The standard InChI is InChI=1S/C25H27N3O/c29-18-25(17-19-9-3-1-4-10-19)15-8-16-28(25)24-21-13-7-14-22(21)26-23(27-24)20-11-5-2-6-12-20/h1-6,9-12,29H,7-8,13-18H2. The molecule has 1 aromatic heterocycles. The number of fused-ring (bicyclic) bond motifs is 1. The van der Waals surface area contributed by atoms with Gasteiger partial charge >= 0.3 is 0 Å². The second kappa shape index (κ2) is 7.60. The highest BCUT2D eigenvalue weighted by Gasteiger charge is 2.43. The normalized spacial score (nSPS) is 20.8. The third kappa shape index (κ3) is 3.32. The van der Waals surface area contributed by atoms with Crippen LogP contribution < -0.4 is 4.90 Å². The molecule has 0 amide bonds. The van der Waals surface area contributed by atoms with E-state index in [1.807, 2.05) is 24.3 Å². The molecule has 148 valence electrons. The maximum absolute atomic E-state index is 10.6. The lowest BCUT2D eigenvalue weighted by atomic mass is 9.88. The zero-order chi connectivity index (χ0) is 19.7. The van der Waals surface area contributed by atoms with Gasteiger partial charge in [-0.15, -0.1) is 0 Å². The first-order chi connectivity index (χ1) is 14.3. The van der Waals surface area contributed by atoms with Crippen LogP contribution in [0.1, 0.15) is 36.1 Å². The Balaban J connectivity index is 1.59. The van der Waals surface area contributed by atoms with E-state index >= 15 is 0 Å². The fraction of sp³-hybridized carbons (Fsp3) is 0.360. The summed E-state index contributed by atoms with van der Waals surface area (Å²) in [4.78, 5) is 12.4. The van der Waals surface area contributed by atoms with Crippen LogP contribution in [0.4, 0.5) is 5.82 Å². The third-order valence-electron chi connectivity index (χ3n) is 6.47. The average Bonchev–Trinajstić information content (AvgIpc) is 3.42. The smallest absolute Gasteiger partial charge is 0.161 e. The molecule has 1 N–H and O–H groups in total. The van der Waals surface area contributed by atoms with Gasteiger partial charge < -0.3 is 10.0 Å². The lowest BCUT2D eigenvalue weighted by Crippen LogP contribution is -2.50. The Morgan fingerprint density at radius 2 is 1.66 bits per heavy atom. The van der Waals surface area contributed by atoms with Crippen LogP contribution in [0.3, 0.4) is 0 Å². The summed E-state index contributed by atoms with van der Waals surface area (Å²) in [6.07, 6.45) is 6.08. The SMILES string of the molecule is OCC1(Cc2ccccc2)CCCN1c1nc(-c2ccccc2)nc2c1CCC2. The Hall–Kier alpha value is -2.72. The first-order valence-corrected chi connectivity index (χ1v) is 10.7. The Morgan fingerprint density at radius 1 is 0.897 bits per heavy atom. The van der Waals surface area contributed by atoms with E-state index in [0.29, 0.717) is 0 Å². The molecule has 1 saturated heterocycles. The molecule has 1 atom stereocenters. The van der Waals surface area contributed by atoms with Gasteiger partial charge in [0.2, 0.25) is 0 Å². The summed E-state index contributed by atoms with van der Waals surface area (Å²) < 4.78 is 0. The van der Waals surface area contributed by atoms with E-state index in [1.165, 1.54) is 16.8 Å². The molecule has 1 unspecified atom stereocenters. The molecule has 2 aliphatic rings. The molecule has 0 spiro atoms. The van der Waals surface area contributed by atoms with Crippen molar-refractivity contribution in [2.24, 2.45) is 0 Å². The first-order valence-electron chi connectivity index (χ1n) is 10.7. The molecule has 1 aliphatic carbocycles. The number of hydrogen-bond donors (Lipinski definition) is 1. The highest BCUT2D eigenvalue weighted by Crippen LogP contribution is 2.40. The van der Waals surface area contributed by atoms with E-state index in [9.17, 15) is 5.11 Å². The number of aryl methyl sites for hydroxylation is 1. The number of nitrogens with zero attached hydrogens (tertiary/aromatic N) is 3. The summed E-state index contributed by atoms with van der Waals surface area (Å²) in [6.45, 7) is 1.08. The molecule has 5 rings (SSSR count). The fourth-order valence-electron chi connectivity index (χ4n) is 5.00. The van der Waals surface area contributed by atoms with Crippen molar-refractivity contribution >= 4 is 5.82 Å². The van der Waals surface area contributed by atoms with Gasteiger partial charge in [0.25, 0.3) is 0 Å². The van der Waals surface area contributed by atoms with Crippen molar-refractivity contribution in [2.45, 2.75) is 44.1 Å². The summed E-state index contributed by atoms with van der Waals surface area (Å²) >= 11 is 0. The summed E-state index contributed by atoms with van der Waals surface area (Å²) in [5.41, 5.74) is 4.51. The van der Waals surface area contributed by atoms with E-state index in [-0.39, 0.29) is 12.1 Å². The Labute approximate surface area is 172 Å². The second-order valence-electron chi connectivity index (χ2n) is 8.32. The highest BCUT2D eigenvalue weighted by atomic mass is 16.3. The molecule has 29 heavy (non-hydrogen) atoms. The summed E-state index contributed by atoms with van der Waals surface area (Å²) in [5.74, 6) is 1.86.